The maximum absolute atomic E-state index is 13.2. The van der Waals surface area contributed by atoms with E-state index < -0.39 is 5.97 Å². The number of carboxylic acid groups (broad SMARTS) is 1. The van der Waals surface area contributed by atoms with Crippen LogP contribution in [0.5, 0.6) is 0 Å². The van der Waals surface area contributed by atoms with Crippen molar-refractivity contribution in [3.8, 4) is 11.1 Å². The van der Waals surface area contributed by atoms with Crippen LogP contribution in [0.25, 0.3) is 21.9 Å². The van der Waals surface area contributed by atoms with Crippen molar-refractivity contribution in [1.29, 1.82) is 0 Å². The third-order valence-corrected chi connectivity index (χ3v) is 3.88. The first kappa shape index (κ1) is 15.0. The van der Waals surface area contributed by atoms with E-state index in [1.54, 1.807) is 43.4 Å². The molecule has 1 aromatic heterocycles. The Hall–Kier alpha value is -2.95. The Morgan fingerprint density at radius 1 is 1.09 bits per heavy atom. The molecule has 0 atom stereocenters. The van der Waals surface area contributed by atoms with Crippen LogP contribution in [0.3, 0.4) is 0 Å². The summed E-state index contributed by atoms with van der Waals surface area (Å²) in [4.78, 5) is 23.7. The van der Waals surface area contributed by atoms with E-state index in [2.05, 4.69) is 0 Å². The monoisotopic (exact) mass is 311 g/mol. The van der Waals surface area contributed by atoms with E-state index in [-0.39, 0.29) is 17.8 Å². The third-order valence-electron chi connectivity index (χ3n) is 3.88. The number of pyridine rings is 1. The number of benzene rings is 2. The molecule has 0 saturated heterocycles. The molecule has 1 heterocycles. The molecule has 0 aliphatic carbocycles. The molecule has 4 nitrogen and oxygen atoms in total. The summed E-state index contributed by atoms with van der Waals surface area (Å²) in [7, 11) is 1.56. The van der Waals surface area contributed by atoms with Gasteiger partial charge in [-0.3, -0.25) is 9.59 Å². The zero-order valence-corrected chi connectivity index (χ0v) is 12.4. The fourth-order valence-electron chi connectivity index (χ4n) is 2.80. The lowest BCUT2D eigenvalue weighted by atomic mass is 9.95. The van der Waals surface area contributed by atoms with Crippen molar-refractivity contribution in [3.05, 3.63) is 70.4 Å². The first-order valence-electron chi connectivity index (χ1n) is 7.07. The van der Waals surface area contributed by atoms with Crippen molar-refractivity contribution in [3.63, 3.8) is 0 Å². The van der Waals surface area contributed by atoms with Crippen LogP contribution in [0.1, 0.15) is 5.69 Å². The van der Waals surface area contributed by atoms with Gasteiger partial charge in [0.05, 0.1) is 6.42 Å². The number of rotatable bonds is 3. The van der Waals surface area contributed by atoms with E-state index in [1.165, 1.54) is 16.7 Å². The standard InChI is InChI=1S/C18H14FNO3/c1-20-15(10-16(21)22)17(11-6-8-12(19)9-7-11)13-4-2-3-5-14(13)18(20)23/h2-9H,10H2,1H3,(H,21,22). The van der Waals surface area contributed by atoms with Gasteiger partial charge >= 0.3 is 5.97 Å². The quantitative estimate of drug-likeness (QED) is 0.809. The van der Waals surface area contributed by atoms with Crippen LogP contribution in [0.2, 0.25) is 0 Å². The van der Waals surface area contributed by atoms with Gasteiger partial charge in [-0.05, 0) is 29.1 Å². The smallest absolute Gasteiger partial charge is 0.309 e. The van der Waals surface area contributed by atoms with Crippen molar-refractivity contribution >= 4 is 16.7 Å². The molecule has 116 valence electrons. The number of aromatic nitrogens is 1. The van der Waals surface area contributed by atoms with Gasteiger partial charge in [0.2, 0.25) is 0 Å². The van der Waals surface area contributed by atoms with Crippen LogP contribution in [0.15, 0.2) is 53.3 Å². The van der Waals surface area contributed by atoms with E-state index in [4.69, 9.17) is 0 Å². The Morgan fingerprint density at radius 2 is 1.70 bits per heavy atom. The van der Waals surface area contributed by atoms with E-state index in [9.17, 15) is 19.1 Å². The number of aliphatic carboxylic acids is 1. The van der Waals surface area contributed by atoms with Crippen LogP contribution in [-0.2, 0) is 18.3 Å². The zero-order chi connectivity index (χ0) is 16.6. The number of carbonyl (C=O) groups is 1. The van der Waals surface area contributed by atoms with Crippen LogP contribution in [-0.4, -0.2) is 15.6 Å². The van der Waals surface area contributed by atoms with Gasteiger partial charge < -0.3 is 9.67 Å². The van der Waals surface area contributed by atoms with Gasteiger partial charge in [0.1, 0.15) is 5.82 Å². The highest BCUT2D eigenvalue weighted by molar-refractivity contribution is 5.98. The predicted octanol–water partition coefficient (Wildman–Crippen LogP) is 2.97. The fourth-order valence-corrected chi connectivity index (χ4v) is 2.80. The van der Waals surface area contributed by atoms with E-state index >= 15 is 0 Å². The first-order chi connectivity index (χ1) is 11.0. The molecular weight excluding hydrogens is 297 g/mol. The molecule has 3 rings (SSSR count). The molecule has 23 heavy (non-hydrogen) atoms. The summed E-state index contributed by atoms with van der Waals surface area (Å²) in [5.74, 6) is -1.40. The van der Waals surface area contributed by atoms with Crippen molar-refractivity contribution in [2.75, 3.05) is 0 Å². The summed E-state index contributed by atoms with van der Waals surface area (Å²) >= 11 is 0. The highest BCUT2D eigenvalue weighted by atomic mass is 19.1. The summed E-state index contributed by atoms with van der Waals surface area (Å²) in [6.07, 6.45) is -0.288. The van der Waals surface area contributed by atoms with Gasteiger partial charge in [-0.25, -0.2) is 4.39 Å². The number of hydrogen-bond donors (Lipinski definition) is 1. The second kappa shape index (κ2) is 5.68. The van der Waals surface area contributed by atoms with Crippen LogP contribution in [0, 0.1) is 5.82 Å². The van der Waals surface area contributed by atoms with Crippen LogP contribution >= 0.6 is 0 Å². The van der Waals surface area contributed by atoms with Gasteiger partial charge in [0.15, 0.2) is 0 Å². The molecule has 0 amide bonds. The molecule has 5 heteroatoms. The van der Waals surface area contributed by atoms with Gasteiger partial charge in [0.25, 0.3) is 5.56 Å². The molecule has 3 aromatic rings. The minimum atomic E-state index is -1.03. The van der Waals surface area contributed by atoms with Gasteiger partial charge in [-0.2, -0.15) is 0 Å². The molecule has 0 aliphatic rings. The normalized spacial score (nSPS) is 10.9. The maximum atomic E-state index is 13.2. The lowest BCUT2D eigenvalue weighted by Crippen LogP contribution is -2.23. The van der Waals surface area contributed by atoms with E-state index in [0.29, 0.717) is 27.6 Å². The van der Waals surface area contributed by atoms with E-state index in [0.717, 1.165) is 0 Å². The average molecular weight is 311 g/mol. The maximum Gasteiger partial charge on any atom is 0.309 e. The molecule has 0 fully saturated rings. The third kappa shape index (κ3) is 2.61. The van der Waals surface area contributed by atoms with Crippen LogP contribution in [0.4, 0.5) is 4.39 Å². The fraction of sp³-hybridized carbons (Fsp3) is 0.111. The minimum absolute atomic E-state index is 0.247. The second-order valence-corrected chi connectivity index (χ2v) is 5.31. The van der Waals surface area contributed by atoms with Gasteiger partial charge in [-0.15, -0.1) is 0 Å². The predicted molar refractivity (Wildman–Crippen MR) is 85.9 cm³/mol. The number of nitrogens with zero attached hydrogens (tertiary/aromatic N) is 1. The first-order valence-corrected chi connectivity index (χ1v) is 7.07. The summed E-state index contributed by atoms with van der Waals surface area (Å²) in [6.45, 7) is 0. The molecular formula is C18H14FNO3. The average Bonchev–Trinajstić information content (AvgIpc) is 2.54. The molecule has 0 radical (unpaired) electrons. The highest BCUT2D eigenvalue weighted by Crippen LogP contribution is 2.30. The highest BCUT2D eigenvalue weighted by Gasteiger charge is 2.18. The van der Waals surface area contributed by atoms with Crippen molar-refractivity contribution < 1.29 is 14.3 Å². The summed E-state index contributed by atoms with van der Waals surface area (Å²) in [5, 5.41) is 10.4. The van der Waals surface area contributed by atoms with E-state index in [1.807, 2.05) is 0 Å². The Kier molecular flexibility index (Phi) is 3.70. The Balaban J connectivity index is 2.45. The summed E-state index contributed by atoms with van der Waals surface area (Å²) in [5.41, 5.74) is 1.47. The molecule has 0 bridgehead atoms. The van der Waals surface area contributed by atoms with Crippen molar-refractivity contribution in [2.45, 2.75) is 6.42 Å². The Morgan fingerprint density at radius 3 is 2.30 bits per heavy atom. The topological polar surface area (TPSA) is 59.3 Å². The molecule has 0 unspecified atom stereocenters. The number of halogens is 1. The van der Waals surface area contributed by atoms with Crippen molar-refractivity contribution in [1.82, 2.24) is 4.57 Å². The van der Waals surface area contributed by atoms with Crippen molar-refractivity contribution in [2.24, 2.45) is 7.05 Å². The minimum Gasteiger partial charge on any atom is -0.481 e. The van der Waals surface area contributed by atoms with Gasteiger partial charge in [-0.1, -0.05) is 30.3 Å². The number of fused-ring (bicyclic) bond motifs is 1. The molecule has 1 N–H and O–H groups in total. The second-order valence-electron chi connectivity index (χ2n) is 5.31. The largest absolute Gasteiger partial charge is 0.481 e. The Labute approximate surface area is 131 Å². The zero-order valence-electron chi connectivity index (χ0n) is 12.4. The summed E-state index contributed by atoms with van der Waals surface area (Å²) in [6, 6.07) is 12.9. The van der Waals surface area contributed by atoms with Gasteiger partial charge in [0, 0.05) is 23.7 Å². The molecule has 0 saturated carbocycles. The molecule has 2 aromatic carbocycles. The lowest BCUT2D eigenvalue weighted by Gasteiger charge is -2.16. The van der Waals surface area contributed by atoms with Crippen LogP contribution < -0.4 is 5.56 Å². The molecule has 0 aliphatic heterocycles. The summed E-state index contributed by atoms with van der Waals surface area (Å²) < 4.78 is 14.6. The SMILES string of the molecule is Cn1c(CC(=O)O)c(-c2ccc(F)cc2)c2ccccc2c1=O. The lowest BCUT2D eigenvalue weighted by molar-refractivity contribution is -0.136. The molecule has 0 spiro atoms. The number of carboxylic acids is 1. The Bertz CT molecular complexity index is 958. The number of hydrogen-bond acceptors (Lipinski definition) is 2.